The summed E-state index contributed by atoms with van der Waals surface area (Å²) < 4.78 is 27.7. The minimum atomic E-state index is -4.04. The number of halogens is 2. The van der Waals surface area contributed by atoms with Crippen LogP contribution in [0.2, 0.25) is 10.0 Å². The molecule has 0 saturated carbocycles. The molecule has 0 aromatic heterocycles. The predicted molar refractivity (Wildman–Crippen MR) is 124 cm³/mol. The van der Waals surface area contributed by atoms with Crippen molar-refractivity contribution in [3.05, 3.63) is 82.8 Å². The van der Waals surface area contributed by atoms with Gasteiger partial charge in [0.05, 0.1) is 16.3 Å². The van der Waals surface area contributed by atoms with Crippen molar-refractivity contribution in [2.45, 2.75) is 9.79 Å². The molecule has 3 aromatic rings. The molecule has 0 heterocycles. The maximum absolute atomic E-state index is 13.3. The number of hydrogen-bond acceptors (Lipinski definition) is 4. The first-order chi connectivity index (χ1) is 14.3. The molecule has 0 radical (unpaired) electrons. The average Bonchev–Trinajstić information content (AvgIpc) is 2.72. The summed E-state index contributed by atoms with van der Waals surface area (Å²) in [5.74, 6) is -0.478. The number of carbonyl (C=O) groups is 1. The zero-order valence-corrected chi connectivity index (χ0v) is 19.0. The number of rotatable bonds is 7. The van der Waals surface area contributed by atoms with E-state index in [-0.39, 0.29) is 10.6 Å². The lowest BCUT2D eigenvalue weighted by atomic mass is 10.3. The normalized spacial score (nSPS) is 11.2. The molecule has 0 aliphatic carbocycles. The Morgan fingerprint density at radius 1 is 0.967 bits per heavy atom. The van der Waals surface area contributed by atoms with Crippen molar-refractivity contribution in [1.29, 1.82) is 0 Å². The summed E-state index contributed by atoms with van der Waals surface area (Å²) in [6, 6.07) is 19.4. The number of thioether (sulfide) groups is 1. The van der Waals surface area contributed by atoms with Crippen molar-refractivity contribution in [3.8, 4) is 0 Å². The van der Waals surface area contributed by atoms with Gasteiger partial charge in [-0.15, -0.1) is 11.8 Å². The number of nitrogens with zero attached hydrogens (tertiary/aromatic N) is 1. The predicted octanol–water partition coefficient (Wildman–Crippen LogP) is 5.55. The van der Waals surface area contributed by atoms with Crippen LogP contribution >= 0.6 is 35.0 Å². The van der Waals surface area contributed by atoms with Gasteiger partial charge in [0.25, 0.3) is 10.0 Å². The molecular formula is C21H18Cl2N2O3S2. The number of carbonyl (C=O) groups excluding carboxylic acids is 1. The highest BCUT2D eigenvalue weighted by Gasteiger charge is 2.27. The quantitative estimate of drug-likeness (QED) is 0.450. The minimum absolute atomic E-state index is 0.0178. The van der Waals surface area contributed by atoms with Crippen LogP contribution in [0.3, 0.4) is 0 Å². The van der Waals surface area contributed by atoms with Crippen molar-refractivity contribution in [2.75, 3.05) is 22.4 Å². The summed E-state index contributed by atoms with van der Waals surface area (Å²) in [7, 11) is -4.04. The number of benzene rings is 3. The number of para-hydroxylation sites is 1. The Balaban J connectivity index is 1.96. The van der Waals surface area contributed by atoms with Crippen LogP contribution in [0.15, 0.2) is 82.6 Å². The van der Waals surface area contributed by atoms with Crippen molar-refractivity contribution in [2.24, 2.45) is 0 Å². The van der Waals surface area contributed by atoms with Crippen molar-refractivity contribution in [1.82, 2.24) is 0 Å². The fraction of sp³-hybridized carbons (Fsp3) is 0.0952. The molecule has 0 unspecified atom stereocenters. The van der Waals surface area contributed by atoms with Crippen molar-refractivity contribution in [3.63, 3.8) is 0 Å². The van der Waals surface area contributed by atoms with Gasteiger partial charge in [-0.3, -0.25) is 9.10 Å². The molecule has 0 aliphatic rings. The number of nitrogens with one attached hydrogen (secondary N) is 1. The van der Waals surface area contributed by atoms with Gasteiger partial charge in [0.1, 0.15) is 6.54 Å². The third-order valence-electron chi connectivity index (χ3n) is 4.17. The highest BCUT2D eigenvalue weighted by Crippen LogP contribution is 2.28. The lowest BCUT2D eigenvalue weighted by Gasteiger charge is -2.24. The first kappa shape index (κ1) is 22.5. The summed E-state index contributed by atoms with van der Waals surface area (Å²) in [6.45, 7) is -0.423. The molecular weight excluding hydrogens is 463 g/mol. The van der Waals surface area contributed by atoms with Crippen LogP contribution in [-0.2, 0) is 14.8 Å². The van der Waals surface area contributed by atoms with Crippen LogP contribution in [-0.4, -0.2) is 27.1 Å². The van der Waals surface area contributed by atoms with Gasteiger partial charge in [0, 0.05) is 14.9 Å². The van der Waals surface area contributed by atoms with E-state index in [1.807, 2.05) is 18.4 Å². The van der Waals surface area contributed by atoms with Gasteiger partial charge in [0.15, 0.2) is 0 Å². The molecule has 156 valence electrons. The molecule has 5 nitrogen and oxygen atoms in total. The topological polar surface area (TPSA) is 66.5 Å². The van der Waals surface area contributed by atoms with Crippen LogP contribution in [0, 0.1) is 0 Å². The fourth-order valence-corrected chi connectivity index (χ4v) is 5.03. The third kappa shape index (κ3) is 5.29. The summed E-state index contributed by atoms with van der Waals surface area (Å²) >= 11 is 13.4. The average molecular weight is 481 g/mol. The molecule has 9 heteroatoms. The number of amides is 1. The van der Waals surface area contributed by atoms with E-state index in [0.29, 0.717) is 15.7 Å². The van der Waals surface area contributed by atoms with Crippen molar-refractivity contribution < 1.29 is 13.2 Å². The monoisotopic (exact) mass is 480 g/mol. The first-order valence-corrected chi connectivity index (χ1v) is 12.2. The van der Waals surface area contributed by atoms with E-state index < -0.39 is 22.5 Å². The first-order valence-electron chi connectivity index (χ1n) is 8.78. The molecule has 3 rings (SSSR count). The molecule has 1 N–H and O–H groups in total. The molecule has 0 aliphatic heterocycles. The zero-order valence-electron chi connectivity index (χ0n) is 15.9. The highest BCUT2D eigenvalue weighted by molar-refractivity contribution is 7.98. The second kappa shape index (κ2) is 9.75. The fourth-order valence-electron chi connectivity index (χ4n) is 2.75. The molecule has 1 amide bonds. The van der Waals surface area contributed by atoms with E-state index in [9.17, 15) is 13.2 Å². The summed E-state index contributed by atoms with van der Waals surface area (Å²) in [6.07, 6.45) is 1.90. The maximum Gasteiger partial charge on any atom is 0.264 e. The van der Waals surface area contributed by atoms with Crippen LogP contribution < -0.4 is 9.62 Å². The van der Waals surface area contributed by atoms with Crippen LogP contribution in [0.4, 0.5) is 11.4 Å². The van der Waals surface area contributed by atoms with Gasteiger partial charge in [-0.2, -0.15) is 0 Å². The summed E-state index contributed by atoms with van der Waals surface area (Å²) in [4.78, 5) is 13.7. The standard InChI is InChI=1S/C21H18Cl2N2O3S2/c1-29-20-8-3-2-7-19(20)24-21(26)14-25(17-6-4-5-16(23)13-17)30(27,28)18-11-9-15(22)10-12-18/h2-13H,14H2,1H3,(H,24,26). The van der Waals surface area contributed by atoms with Crippen molar-refractivity contribution >= 4 is 62.3 Å². The lowest BCUT2D eigenvalue weighted by Crippen LogP contribution is -2.38. The smallest absolute Gasteiger partial charge is 0.264 e. The Bertz CT molecular complexity index is 1150. The number of sulfonamides is 1. The molecule has 0 atom stereocenters. The zero-order chi connectivity index (χ0) is 21.7. The van der Waals surface area contributed by atoms with E-state index in [1.54, 1.807) is 30.3 Å². The Morgan fingerprint density at radius 2 is 1.67 bits per heavy atom. The van der Waals surface area contributed by atoms with E-state index in [2.05, 4.69) is 5.32 Å². The van der Waals surface area contributed by atoms with Crippen LogP contribution in [0.1, 0.15) is 0 Å². The second-order valence-corrected chi connectivity index (χ2v) is 9.78. The number of hydrogen-bond donors (Lipinski definition) is 1. The molecule has 0 saturated heterocycles. The molecule has 30 heavy (non-hydrogen) atoms. The van der Waals surface area contributed by atoms with Gasteiger partial charge < -0.3 is 5.32 Å². The lowest BCUT2D eigenvalue weighted by molar-refractivity contribution is -0.114. The molecule has 3 aromatic carbocycles. The Hall–Kier alpha value is -2.19. The second-order valence-electron chi connectivity index (χ2n) is 6.19. The molecule has 0 spiro atoms. The Morgan fingerprint density at radius 3 is 2.33 bits per heavy atom. The van der Waals surface area contributed by atoms with Crippen LogP contribution in [0.25, 0.3) is 0 Å². The van der Waals surface area contributed by atoms with Gasteiger partial charge in [-0.25, -0.2) is 8.42 Å². The van der Waals surface area contributed by atoms with Crippen LogP contribution in [0.5, 0.6) is 0 Å². The minimum Gasteiger partial charge on any atom is -0.323 e. The van der Waals surface area contributed by atoms with Gasteiger partial charge in [-0.1, -0.05) is 41.4 Å². The summed E-state index contributed by atoms with van der Waals surface area (Å²) in [5, 5.41) is 3.56. The molecule has 0 fully saturated rings. The summed E-state index contributed by atoms with van der Waals surface area (Å²) in [5.41, 5.74) is 0.899. The Kier molecular flexibility index (Phi) is 7.31. The van der Waals surface area contributed by atoms with E-state index in [1.165, 1.54) is 42.1 Å². The van der Waals surface area contributed by atoms with Gasteiger partial charge in [0.2, 0.25) is 5.91 Å². The third-order valence-corrected chi connectivity index (χ3v) is 7.24. The van der Waals surface area contributed by atoms with E-state index in [4.69, 9.17) is 23.2 Å². The van der Waals surface area contributed by atoms with E-state index in [0.717, 1.165) is 9.20 Å². The van der Waals surface area contributed by atoms with E-state index >= 15 is 0 Å². The highest BCUT2D eigenvalue weighted by atomic mass is 35.5. The van der Waals surface area contributed by atoms with Gasteiger partial charge in [-0.05, 0) is 60.9 Å². The SMILES string of the molecule is CSc1ccccc1NC(=O)CN(c1cccc(Cl)c1)S(=O)(=O)c1ccc(Cl)cc1. The Labute approximate surface area is 190 Å². The molecule has 0 bridgehead atoms. The number of anilines is 2. The largest absolute Gasteiger partial charge is 0.323 e. The maximum atomic E-state index is 13.3. The van der Waals surface area contributed by atoms with Gasteiger partial charge >= 0.3 is 0 Å².